The van der Waals surface area contributed by atoms with E-state index in [4.69, 9.17) is 6.42 Å². The first kappa shape index (κ1) is 11.8. The Bertz CT molecular complexity index is 310. The van der Waals surface area contributed by atoms with E-state index in [2.05, 4.69) is 12.8 Å². The second kappa shape index (κ2) is 6.27. The van der Waals surface area contributed by atoms with Crippen LogP contribution in [-0.2, 0) is 0 Å². The summed E-state index contributed by atoms with van der Waals surface area (Å²) < 4.78 is 0. The van der Waals surface area contributed by atoms with Gasteiger partial charge in [-0.2, -0.15) is 0 Å². The van der Waals surface area contributed by atoms with Gasteiger partial charge in [0.25, 0.3) is 0 Å². The van der Waals surface area contributed by atoms with Gasteiger partial charge in [0.05, 0.1) is 12.0 Å². The van der Waals surface area contributed by atoms with Crippen molar-refractivity contribution >= 4 is 0 Å². The van der Waals surface area contributed by atoms with Crippen molar-refractivity contribution in [2.45, 2.75) is 32.3 Å². The molecule has 1 aromatic carbocycles. The van der Waals surface area contributed by atoms with E-state index in [9.17, 15) is 5.11 Å². The van der Waals surface area contributed by atoms with Gasteiger partial charge in [0.2, 0.25) is 0 Å². The standard InChI is InChI=1S/C14H18O/c1-3-5-9-12(4-2)14(15)13-10-7-6-8-11-13/h2,6-8,10-12,14-15H,3,5,9H2,1H3/t12-,14+/m0/s1. The number of rotatable bonds is 5. The molecule has 0 aliphatic heterocycles. The molecule has 0 unspecified atom stereocenters. The molecule has 0 aliphatic rings. The molecule has 1 N–H and O–H groups in total. The minimum Gasteiger partial charge on any atom is -0.387 e. The summed E-state index contributed by atoms with van der Waals surface area (Å²) in [5, 5.41) is 10.1. The van der Waals surface area contributed by atoms with Gasteiger partial charge in [-0.05, 0) is 12.0 Å². The van der Waals surface area contributed by atoms with Gasteiger partial charge >= 0.3 is 0 Å². The lowest BCUT2D eigenvalue weighted by molar-refractivity contribution is 0.130. The van der Waals surface area contributed by atoms with Crippen molar-refractivity contribution in [3.8, 4) is 12.3 Å². The van der Waals surface area contributed by atoms with Gasteiger partial charge < -0.3 is 5.11 Å². The Morgan fingerprint density at radius 1 is 1.33 bits per heavy atom. The second-order valence-corrected chi connectivity index (χ2v) is 3.77. The van der Waals surface area contributed by atoms with Gasteiger partial charge in [-0.15, -0.1) is 12.3 Å². The summed E-state index contributed by atoms with van der Waals surface area (Å²) in [5.74, 6) is 2.62. The van der Waals surface area contributed by atoms with Crippen LogP contribution >= 0.6 is 0 Å². The fourth-order valence-corrected chi connectivity index (χ4v) is 1.64. The lowest BCUT2D eigenvalue weighted by atomic mass is 9.92. The summed E-state index contributed by atoms with van der Waals surface area (Å²) in [6.45, 7) is 2.13. The molecule has 1 heteroatoms. The van der Waals surface area contributed by atoms with Crippen LogP contribution < -0.4 is 0 Å². The van der Waals surface area contributed by atoms with E-state index in [0.29, 0.717) is 0 Å². The molecule has 1 rings (SSSR count). The maximum atomic E-state index is 10.1. The number of aliphatic hydroxyl groups excluding tert-OH is 1. The minimum absolute atomic E-state index is 0.0626. The average molecular weight is 202 g/mol. The number of benzene rings is 1. The number of unbranched alkanes of at least 4 members (excludes halogenated alkanes) is 1. The highest BCUT2D eigenvalue weighted by Crippen LogP contribution is 2.25. The SMILES string of the molecule is C#C[C@@H](CCCC)[C@@H](O)c1ccccc1. The third-order valence-corrected chi connectivity index (χ3v) is 2.60. The fraction of sp³-hybridized carbons (Fsp3) is 0.429. The maximum Gasteiger partial charge on any atom is 0.0927 e. The van der Waals surface area contributed by atoms with Crippen molar-refractivity contribution in [2.24, 2.45) is 5.92 Å². The van der Waals surface area contributed by atoms with Crippen molar-refractivity contribution in [1.82, 2.24) is 0 Å². The van der Waals surface area contributed by atoms with E-state index in [1.54, 1.807) is 0 Å². The molecular formula is C14H18O. The van der Waals surface area contributed by atoms with Crippen LogP contribution in [0.1, 0.15) is 37.9 Å². The zero-order chi connectivity index (χ0) is 11.1. The van der Waals surface area contributed by atoms with Crippen molar-refractivity contribution in [3.63, 3.8) is 0 Å². The van der Waals surface area contributed by atoms with E-state index in [0.717, 1.165) is 24.8 Å². The lowest BCUT2D eigenvalue weighted by Gasteiger charge is -2.17. The molecule has 0 bridgehead atoms. The van der Waals surface area contributed by atoms with Crippen molar-refractivity contribution in [3.05, 3.63) is 35.9 Å². The molecule has 0 radical (unpaired) electrons. The molecule has 0 spiro atoms. The summed E-state index contributed by atoms with van der Waals surface area (Å²) >= 11 is 0. The molecule has 0 aliphatic carbocycles. The molecule has 0 saturated heterocycles. The highest BCUT2D eigenvalue weighted by atomic mass is 16.3. The Balaban J connectivity index is 2.66. The Morgan fingerprint density at radius 3 is 2.53 bits per heavy atom. The number of hydrogen-bond acceptors (Lipinski definition) is 1. The number of terminal acetylenes is 1. The summed E-state index contributed by atoms with van der Waals surface area (Å²) in [6.07, 6.45) is 7.99. The molecule has 15 heavy (non-hydrogen) atoms. The minimum atomic E-state index is -0.525. The topological polar surface area (TPSA) is 20.2 Å². The van der Waals surface area contributed by atoms with Crippen LogP contribution in [0.5, 0.6) is 0 Å². The first-order valence-electron chi connectivity index (χ1n) is 5.48. The van der Waals surface area contributed by atoms with E-state index in [1.165, 1.54) is 0 Å². The molecule has 1 nitrogen and oxygen atoms in total. The van der Waals surface area contributed by atoms with E-state index in [-0.39, 0.29) is 5.92 Å². The number of aliphatic hydroxyl groups is 1. The van der Waals surface area contributed by atoms with Crippen LogP contribution in [0.25, 0.3) is 0 Å². The quantitative estimate of drug-likeness (QED) is 0.727. The Morgan fingerprint density at radius 2 is 2.00 bits per heavy atom. The fourth-order valence-electron chi connectivity index (χ4n) is 1.64. The molecule has 0 heterocycles. The molecule has 1 aromatic rings. The molecule has 0 fully saturated rings. The van der Waals surface area contributed by atoms with Crippen LogP contribution in [0.4, 0.5) is 0 Å². The number of hydrogen-bond donors (Lipinski definition) is 1. The van der Waals surface area contributed by atoms with Gasteiger partial charge in [-0.25, -0.2) is 0 Å². The van der Waals surface area contributed by atoms with E-state index >= 15 is 0 Å². The summed E-state index contributed by atoms with van der Waals surface area (Å²) in [7, 11) is 0. The smallest absolute Gasteiger partial charge is 0.0927 e. The first-order chi connectivity index (χ1) is 7.29. The first-order valence-corrected chi connectivity index (χ1v) is 5.48. The van der Waals surface area contributed by atoms with E-state index < -0.39 is 6.10 Å². The van der Waals surface area contributed by atoms with Crippen LogP contribution in [0.15, 0.2) is 30.3 Å². The zero-order valence-electron chi connectivity index (χ0n) is 9.19. The third kappa shape index (κ3) is 3.42. The monoisotopic (exact) mass is 202 g/mol. The summed E-state index contributed by atoms with van der Waals surface area (Å²) in [4.78, 5) is 0. The summed E-state index contributed by atoms with van der Waals surface area (Å²) in [6, 6.07) is 9.62. The molecule has 80 valence electrons. The van der Waals surface area contributed by atoms with E-state index in [1.807, 2.05) is 30.3 Å². The van der Waals surface area contributed by atoms with Crippen LogP contribution in [-0.4, -0.2) is 5.11 Å². The highest BCUT2D eigenvalue weighted by Gasteiger charge is 2.17. The largest absolute Gasteiger partial charge is 0.387 e. The Labute approximate surface area is 92.1 Å². The maximum absolute atomic E-state index is 10.1. The van der Waals surface area contributed by atoms with Crippen LogP contribution in [0.2, 0.25) is 0 Å². The lowest BCUT2D eigenvalue weighted by Crippen LogP contribution is -2.10. The second-order valence-electron chi connectivity index (χ2n) is 3.77. The van der Waals surface area contributed by atoms with Gasteiger partial charge in [-0.1, -0.05) is 50.1 Å². The Kier molecular flexibility index (Phi) is 4.93. The molecular weight excluding hydrogens is 184 g/mol. The normalized spacial score (nSPS) is 14.2. The average Bonchev–Trinajstić information content (AvgIpc) is 2.31. The molecule has 0 saturated carbocycles. The van der Waals surface area contributed by atoms with Crippen molar-refractivity contribution in [2.75, 3.05) is 0 Å². The summed E-state index contributed by atoms with van der Waals surface area (Å²) in [5.41, 5.74) is 0.913. The van der Waals surface area contributed by atoms with Gasteiger partial charge in [-0.3, -0.25) is 0 Å². The van der Waals surface area contributed by atoms with Crippen LogP contribution in [0, 0.1) is 18.3 Å². The predicted molar refractivity (Wildman–Crippen MR) is 63.2 cm³/mol. The van der Waals surface area contributed by atoms with Crippen molar-refractivity contribution < 1.29 is 5.11 Å². The third-order valence-electron chi connectivity index (χ3n) is 2.60. The zero-order valence-corrected chi connectivity index (χ0v) is 9.19. The van der Waals surface area contributed by atoms with Gasteiger partial charge in [0.15, 0.2) is 0 Å². The highest BCUT2D eigenvalue weighted by molar-refractivity contribution is 5.20. The van der Waals surface area contributed by atoms with Gasteiger partial charge in [0, 0.05) is 0 Å². The Hall–Kier alpha value is -1.26. The van der Waals surface area contributed by atoms with Crippen LogP contribution in [0.3, 0.4) is 0 Å². The predicted octanol–water partition coefficient (Wildman–Crippen LogP) is 3.16. The molecule has 0 aromatic heterocycles. The molecule has 2 atom stereocenters. The van der Waals surface area contributed by atoms with Crippen molar-refractivity contribution in [1.29, 1.82) is 0 Å². The molecule has 0 amide bonds. The van der Waals surface area contributed by atoms with Gasteiger partial charge in [0.1, 0.15) is 0 Å².